The smallest absolute Gasteiger partial charge is 0.272 e. The highest BCUT2D eigenvalue weighted by Crippen LogP contribution is 2.27. The Balaban J connectivity index is 1.81. The average molecular weight is 380 g/mol. The molecule has 7 heteroatoms. The summed E-state index contributed by atoms with van der Waals surface area (Å²) >= 11 is 0. The van der Waals surface area contributed by atoms with E-state index in [-0.39, 0.29) is 23.5 Å². The Labute approximate surface area is 156 Å². The van der Waals surface area contributed by atoms with E-state index in [1.54, 1.807) is 11.1 Å². The van der Waals surface area contributed by atoms with Crippen molar-refractivity contribution in [3.8, 4) is 0 Å². The van der Waals surface area contributed by atoms with Gasteiger partial charge in [-0.15, -0.1) is 0 Å². The molecule has 0 N–H and O–H groups in total. The lowest BCUT2D eigenvalue weighted by molar-refractivity contribution is 0.0702. The average Bonchev–Trinajstić information content (AvgIpc) is 3.01. The second-order valence-electron chi connectivity index (χ2n) is 7.30. The van der Waals surface area contributed by atoms with Gasteiger partial charge < -0.3 is 9.80 Å². The lowest BCUT2D eigenvalue weighted by Crippen LogP contribution is -2.42. The molecule has 2 fully saturated rings. The molecule has 6 nitrogen and oxygen atoms in total. The topological polar surface area (TPSA) is 70.6 Å². The number of aromatic nitrogens is 1. The maximum absolute atomic E-state index is 13.0. The summed E-state index contributed by atoms with van der Waals surface area (Å²) in [4.78, 5) is 21.4. The fraction of sp³-hybridized carbons (Fsp3) is 0.684. The highest BCUT2D eigenvalue weighted by atomic mass is 32.2. The van der Waals surface area contributed by atoms with E-state index < -0.39 is 9.84 Å². The molecule has 0 spiro atoms. The number of carbonyl (C=O) groups is 1. The molecule has 3 heterocycles. The van der Waals surface area contributed by atoms with E-state index >= 15 is 0 Å². The molecule has 0 aliphatic carbocycles. The van der Waals surface area contributed by atoms with Gasteiger partial charge >= 0.3 is 0 Å². The van der Waals surface area contributed by atoms with Crippen LogP contribution in [0.15, 0.2) is 18.3 Å². The Morgan fingerprint density at radius 3 is 2.77 bits per heavy atom. The van der Waals surface area contributed by atoms with E-state index in [1.165, 1.54) is 19.3 Å². The normalized spacial score (nSPS) is 25.2. The van der Waals surface area contributed by atoms with Crippen LogP contribution in [0.5, 0.6) is 0 Å². The molecule has 1 aromatic rings. The van der Waals surface area contributed by atoms with Gasteiger partial charge in [-0.25, -0.2) is 8.42 Å². The summed E-state index contributed by atoms with van der Waals surface area (Å²) in [5.74, 6) is 0.0680. The predicted octanol–water partition coefficient (Wildman–Crippen LogP) is 2.50. The van der Waals surface area contributed by atoms with Crippen molar-refractivity contribution in [3.63, 3.8) is 0 Å². The van der Waals surface area contributed by atoms with E-state index in [2.05, 4.69) is 16.8 Å². The molecule has 0 radical (unpaired) electrons. The van der Waals surface area contributed by atoms with Crippen LogP contribution >= 0.6 is 0 Å². The number of nitrogens with zero attached hydrogens (tertiary/aromatic N) is 3. The largest absolute Gasteiger partial charge is 0.368 e. The molecule has 144 valence electrons. The molecule has 0 bridgehead atoms. The first-order chi connectivity index (χ1) is 12.4. The van der Waals surface area contributed by atoms with Crippen LogP contribution in [-0.2, 0) is 9.84 Å². The molecule has 2 atom stereocenters. The van der Waals surface area contributed by atoms with Gasteiger partial charge in [0.25, 0.3) is 5.91 Å². The fourth-order valence-corrected chi connectivity index (χ4v) is 5.95. The van der Waals surface area contributed by atoms with E-state index in [0.29, 0.717) is 24.7 Å². The first-order valence-corrected chi connectivity index (χ1v) is 11.5. The highest BCUT2D eigenvalue weighted by Gasteiger charge is 2.34. The minimum absolute atomic E-state index is 0.0658. The third kappa shape index (κ3) is 4.03. The van der Waals surface area contributed by atoms with Crippen molar-refractivity contribution in [3.05, 3.63) is 24.0 Å². The van der Waals surface area contributed by atoms with Crippen molar-refractivity contribution in [1.29, 1.82) is 0 Å². The first kappa shape index (κ1) is 19.1. The maximum atomic E-state index is 13.0. The molecule has 0 saturated carbocycles. The molecule has 3 rings (SSSR count). The zero-order valence-electron chi connectivity index (χ0n) is 15.7. The number of hydrogen-bond acceptors (Lipinski definition) is 5. The van der Waals surface area contributed by atoms with Crippen molar-refractivity contribution < 1.29 is 13.2 Å². The minimum atomic E-state index is -3.02. The van der Waals surface area contributed by atoms with Crippen LogP contribution in [0.1, 0.15) is 56.4 Å². The van der Waals surface area contributed by atoms with Crippen LogP contribution in [0.3, 0.4) is 0 Å². The summed E-state index contributed by atoms with van der Waals surface area (Å²) in [6.45, 7) is 5.60. The monoisotopic (exact) mass is 379 g/mol. The SMILES string of the molecule is CCC1CCCCN1c1ccnc(C(=O)N(CC)C2CCS(=O)(=O)C2)c1. The predicted molar refractivity (Wildman–Crippen MR) is 103 cm³/mol. The third-order valence-electron chi connectivity index (χ3n) is 5.64. The second kappa shape index (κ2) is 7.94. The van der Waals surface area contributed by atoms with E-state index in [9.17, 15) is 13.2 Å². The van der Waals surface area contributed by atoms with Crippen molar-refractivity contribution in [2.75, 3.05) is 29.5 Å². The van der Waals surface area contributed by atoms with E-state index in [0.717, 1.165) is 18.7 Å². The summed E-state index contributed by atoms with van der Waals surface area (Å²) in [7, 11) is -3.02. The summed E-state index contributed by atoms with van der Waals surface area (Å²) in [6, 6.07) is 4.13. The molecule has 0 aromatic carbocycles. The molecule has 2 aliphatic rings. The third-order valence-corrected chi connectivity index (χ3v) is 7.39. The van der Waals surface area contributed by atoms with Gasteiger partial charge in [-0.3, -0.25) is 9.78 Å². The van der Waals surface area contributed by atoms with Crippen LogP contribution in [0, 0.1) is 0 Å². The van der Waals surface area contributed by atoms with Crippen LogP contribution in [0.25, 0.3) is 0 Å². The number of anilines is 1. The number of hydrogen-bond donors (Lipinski definition) is 0. The molecular weight excluding hydrogens is 350 g/mol. The van der Waals surface area contributed by atoms with Gasteiger partial charge in [-0.2, -0.15) is 0 Å². The minimum Gasteiger partial charge on any atom is -0.368 e. The van der Waals surface area contributed by atoms with Gasteiger partial charge in [0.2, 0.25) is 0 Å². The van der Waals surface area contributed by atoms with Crippen molar-refractivity contribution in [2.45, 2.75) is 58.0 Å². The number of pyridine rings is 1. The van der Waals surface area contributed by atoms with Crippen LogP contribution < -0.4 is 4.90 Å². The van der Waals surface area contributed by atoms with E-state index in [1.807, 2.05) is 19.1 Å². The van der Waals surface area contributed by atoms with Crippen LogP contribution in [-0.4, -0.2) is 60.9 Å². The first-order valence-electron chi connectivity index (χ1n) is 9.69. The van der Waals surface area contributed by atoms with Crippen molar-refractivity contribution in [2.24, 2.45) is 0 Å². The van der Waals surface area contributed by atoms with Gasteiger partial charge in [0.05, 0.1) is 11.5 Å². The Hall–Kier alpha value is -1.63. The molecule has 2 aliphatic heterocycles. The quantitative estimate of drug-likeness (QED) is 0.786. The molecule has 2 unspecified atom stereocenters. The summed E-state index contributed by atoms with van der Waals surface area (Å²) < 4.78 is 23.6. The van der Waals surface area contributed by atoms with Crippen LogP contribution in [0.2, 0.25) is 0 Å². The fourth-order valence-electron chi connectivity index (χ4n) is 4.22. The zero-order chi connectivity index (χ0) is 18.7. The molecule has 1 amide bonds. The number of carbonyl (C=O) groups excluding carboxylic acids is 1. The summed E-state index contributed by atoms with van der Waals surface area (Å²) in [6.07, 6.45) is 6.92. The lowest BCUT2D eigenvalue weighted by atomic mass is 9.99. The number of amides is 1. The van der Waals surface area contributed by atoms with Crippen LogP contribution in [0.4, 0.5) is 5.69 Å². The van der Waals surface area contributed by atoms with Gasteiger partial charge in [0, 0.05) is 37.1 Å². The molecule has 26 heavy (non-hydrogen) atoms. The standard InChI is InChI=1S/C19H29N3O3S/c1-3-15-7-5-6-11-22(15)16-8-10-20-18(13-16)19(23)21(4-2)17-9-12-26(24,25)14-17/h8,10,13,15,17H,3-7,9,11-12,14H2,1-2H3. The van der Waals surface area contributed by atoms with Crippen molar-refractivity contribution in [1.82, 2.24) is 9.88 Å². The molecular formula is C19H29N3O3S. The Morgan fingerprint density at radius 1 is 1.31 bits per heavy atom. The zero-order valence-corrected chi connectivity index (χ0v) is 16.5. The van der Waals surface area contributed by atoms with Gasteiger partial charge in [-0.1, -0.05) is 6.92 Å². The maximum Gasteiger partial charge on any atom is 0.272 e. The Morgan fingerprint density at radius 2 is 2.12 bits per heavy atom. The van der Waals surface area contributed by atoms with Gasteiger partial charge in [0.1, 0.15) is 5.69 Å². The molecule has 1 aromatic heterocycles. The lowest BCUT2D eigenvalue weighted by Gasteiger charge is -2.37. The Kier molecular flexibility index (Phi) is 5.85. The van der Waals surface area contributed by atoms with Crippen molar-refractivity contribution >= 4 is 21.4 Å². The summed E-state index contributed by atoms with van der Waals surface area (Å²) in [5.41, 5.74) is 1.46. The highest BCUT2D eigenvalue weighted by molar-refractivity contribution is 7.91. The number of sulfone groups is 1. The summed E-state index contributed by atoms with van der Waals surface area (Å²) in [5, 5.41) is 0. The Bertz CT molecular complexity index is 750. The number of rotatable bonds is 5. The van der Waals surface area contributed by atoms with Gasteiger partial charge in [-0.05, 0) is 51.2 Å². The number of piperidine rings is 1. The van der Waals surface area contributed by atoms with E-state index in [4.69, 9.17) is 0 Å². The second-order valence-corrected chi connectivity index (χ2v) is 9.53. The van der Waals surface area contributed by atoms with Gasteiger partial charge in [0.15, 0.2) is 9.84 Å². The molecule has 2 saturated heterocycles.